The maximum Gasteiger partial charge on any atom is 0.272 e. The van der Waals surface area contributed by atoms with Crippen LogP contribution in [0.2, 0.25) is 0 Å². The second kappa shape index (κ2) is 6.51. The molecule has 0 fully saturated rings. The maximum absolute atomic E-state index is 12.4. The largest absolute Gasteiger partial charge is 0.399 e. The van der Waals surface area contributed by atoms with Crippen LogP contribution in [0.5, 0.6) is 0 Å². The number of aromatic nitrogens is 4. The van der Waals surface area contributed by atoms with Crippen molar-refractivity contribution in [2.75, 3.05) is 5.73 Å². The lowest BCUT2D eigenvalue weighted by Gasteiger charge is -2.16. The average Bonchev–Trinajstić information content (AvgIpc) is 3.01. The highest BCUT2D eigenvalue weighted by molar-refractivity contribution is 5.54. The van der Waals surface area contributed by atoms with Crippen molar-refractivity contribution in [1.82, 2.24) is 19.9 Å². The summed E-state index contributed by atoms with van der Waals surface area (Å²) in [4.78, 5) is 37.3. The predicted octanol–water partition coefficient (Wildman–Crippen LogP) is 0.324. The van der Waals surface area contributed by atoms with E-state index in [9.17, 15) is 9.59 Å². The second-order valence-corrected chi connectivity index (χ2v) is 7.11. The maximum atomic E-state index is 12.4. The van der Waals surface area contributed by atoms with Gasteiger partial charge in [-0.25, -0.2) is 4.98 Å². The Morgan fingerprint density at radius 2 is 1.69 bits per heavy atom. The quantitative estimate of drug-likeness (QED) is 0.497. The van der Waals surface area contributed by atoms with Gasteiger partial charge in [0.1, 0.15) is 10.7 Å². The number of nitrogen functional groups attached to an aromatic ring is 1. The smallest absolute Gasteiger partial charge is 0.272 e. The van der Waals surface area contributed by atoms with E-state index in [4.69, 9.17) is 5.73 Å². The lowest BCUT2D eigenvalue weighted by Crippen LogP contribution is -2.46. The van der Waals surface area contributed by atoms with Crippen molar-refractivity contribution in [2.45, 2.75) is 26.2 Å². The van der Waals surface area contributed by atoms with E-state index in [1.807, 2.05) is 20.8 Å². The van der Waals surface area contributed by atoms with Crippen molar-refractivity contribution >= 4 is 17.8 Å². The molecule has 7 nitrogen and oxygen atoms in total. The van der Waals surface area contributed by atoms with Gasteiger partial charge in [0.05, 0.1) is 12.0 Å². The van der Waals surface area contributed by atoms with Crippen LogP contribution in [0.1, 0.15) is 37.7 Å². The van der Waals surface area contributed by atoms with Gasteiger partial charge in [0.2, 0.25) is 0 Å². The Hall–Kier alpha value is -3.35. The molecule has 0 aliphatic heterocycles. The Balaban J connectivity index is 2.14. The zero-order chi connectivity index (χ0) is 18.9. The molecule has 3 rings (SSSR count). The predicted molar refractivity (Wildman–Crippen MR) is 102 cm³/mol. The zero-order valence-corrected chi connectivity index (χ0v) is 14.9. The van der Waals surface area contributed by atoms with E-state index in [2.05, 4.69) is 19.9 Å². The number of rotatable bonds is 2. The number of nitrogens with two attached hydrogens (primary N) is 1. The number of benzene rings is 1. The fraction of sp³-hybridized carbons (Fsp3) is 0.211. The Kier molecular flexibility index (Phi) is 4.38. The molecule has 26 heavy (non-hydrogen) atoms. The van der Waals surface area contributed by atoms with Crippen LogP contribution in [0.4, 0.5) is 5.69 Å². The number of H-pyrrole nitrogens is 3. The first kappa shape index (κ1) is 17.5. The number of nitrogens with zero attached hydrogens (tertiary/aromatic N) is 1. The van der Waals surface area contributed by atoms with E-state index in [-0.39, 0.29) is 16.1 Å². The third-order valence-electron chi connectivity index (χ3n) is 3.91. The molecule has 2 aromatic heterocycles. The molecule has 0 spiro atoms. The monoisotopic (exact) mass is 351 g/mol. The standard InChI is InChI=1S/C19H21N5O2/c1-19(2,3)16-13(21-10-22-16)9-15-18(26)23-14(17(25)24-15)8-11-5-4-6-12(20)7-11/h4-10H,20H2,1-3H3,(H,21,22)(H,23,26)(H,24,25)/b14-8-,15-9-. The van der Waals surface area contributed by atoms with Crippen LogP contribution >= 0.6 is 0 Å². The molecule has 0 aliphatic rings. The van der Waals surface area contributed by atoms with Crippen molar-refractivity contribution in [3.8, 4) is 0 Å². The molecule has 0 atom stereocenters. The highest BCUT2D eigenvalue weighted by atomic mass is 16.1. The molecule has 0 saturated carbocycles. The van der Waals surface area contributed by atoms with E-state index in [0.717, 1.165) is 11.3 Å². The minimum absolute atomic E-state index is 0.150. The van der Waals surface area contributed by atoms with Gasteiger partial charge >= 0.3 is 0 Å². The third kappa shape index (κ3) is 3.66. The van der Waals surface area contributed by atoms with Crippen LogP contribution in [-0.2, 0) is 5.41 Å². The Morgan fingerprint density at radius 3 is 2.31 bits per heavy atom. The van der Waals surface area contributed by atoms with Gasteiger partial charge < -0.3 is 20.7 Å². The molecular formula is C19H21N5O2. The molecular weight excluding hydrogens is 330 g/mol. The number of hydrogen-bond acceptors (Lipinski definition) is 4. The summed E-state index contributed by atoms with van der Waals surface area (Å²) in [7, 11) is 0. The Labute approximate surface area is 149 Å². The number of nitrogens with one attached hydrogen (secondary N) is 3. The molecule has 0 unspecified atom stereocenters. The van der Waals surface area contributed by atoms with Crippen molar-refractivity contribution in [1.29, 1.82) is 0 Å². The molecule has 5 N–H and O–H groups in total. The van der Waals surface area contributed by atoms with Gasteiger partial charge in [-0.05, 0) is 29.8 Å². The van der Waals surface area contributed by atoms with Crippen molar-refractivity contribution < 1.29 is 0 Å². The molecule has 0 amide bonds. The van der Waals surface area contributed by atoms with Crippen LogP contribution in [-0.4, -0.2) is 19.9 Å². The fourth-order valence-corrected chi connectivity index (χ4v) is 2.66. The molecule has 7 heteroatoms. The van der Waals surface area contributed by atoms with Gasteiger partial charge in [0.15, 0.2) is 0 Å². The summed E-state index contributed by atoms with van der Waals surface area (Å²) < 4.78 is 0. The third-order valence-corrected chi connectivity index (χ3v) is 3.91. The normalized spacial score (nSPS) is 13.3. The summed E-state index contributed by atoms with van der Waals surface area (Å²) in [6, 6.07) is 7.05. The van der Waals surface area contributed by atoms with E-state index >= 15 is 0 Å². The fourth-order valence-electron chi connectivity index (χ4n) is 2.66. The highest BCUT2D eigenvalue weighted by Crippen LogP contribution is 2.22. The minimum Gasteiger partial charge on any atom is -0.399 e. The summed E-state index contributed by atoms with van der Waals surface area (Å²) in [6.07, 6.45) is 4.72. The van der Waals surface area contributed by atoms with Crippen molar-refractivity contribution in [3.63, 3.8) is 0 Å². The Bertz CT molecular complexity index is 1180. The van der Waals surface area contributed by atoms with E-state index in [1.54, 1.807) is 42.7 Å². The van der Waals surface area contributed by atoms with E-state index in [0.29, 0.717) is 11.4 Å². The molecule has 0 bridgehead atoms. The summed E-state index contributed by atoms with van der Waals surface area (Å²) in [5.41, 5.74) is 7.57. The van der Waals surface area contributed by atoms with Crippen LogP contribution in [0.25, 0.3) is 12.2 Å². The SMILES string of the molecule is CC(C)(C)c1[nH]cnc1/C=c1\[nH]c(=O)/c(=C/c2cccc(N)c2)[nH]c1=O. The molecule has 134 valence electrons. The molecule has 0 saturated heterocycles. The number of anilines is 1. The molecule has 3 aromatic rings. The first-order valence-electron chi connectivity index (χ1n) is 8.19. The number of imidazole rings is 1. The van der Waals surface area contributed by atoms with Gasteiger partial charge in [-0.15, -0.1) is 0 Å². The summed E-state index contributed by atoms with van der Waals surface area (Å²) in [5.74, 6) is 0. The lowest BCUT2D eigenvalue weighted by atomic mass is 9.90. The summed E-state index contributed by atoms with van der Waals surface area (Å²) >= 11 is 0. The van der Waals surface area contributed by atoms with E-state index in [1.165, 1.54) is 0 Å². The molecule has 0 radical (unpaired) electrons. The zero-order valence-electron chi connectivity index (χ0n) is 14.9. The van der Waals surface area contributed by atoms with E-state index < -0.39 is 11.1 Å². The highest BCUT2D eigenvalue weighted by Gasteiger charge is 2.19. The van der Waals surface area contributed by atoms with Crippen molar-refractivity contribution in [3.05, 3.63) is 78.9 Å². The molecule has 1 aromatic carbocycles. The number of aromatic amines is 3. The lowest BCUT2D eigenvalue weighted by molar-refractivity contribution is 0.571. The Morgan fingerprint density at radius 1 is 1.04 bits per heavy atom. The summed E-state index contributed by atoms with van der Waals surface area (Å²) in [6.45, 7) is 6.11. The van der Waals surface area contributed by atoms with Gasteiger partial charge in [-0.1, -0.05) is 32.9 Å². The second-order valence-electron chi connectivity index (χ2n) is 7.11. The number of hydrogen-bond donors (Lipinski definition) is 4. The van der Waals surface area contributed by atoms with Gasteiger partial charge in [0.25, 0.3) is 11.1 Å². The average molecular weight is 351 g/mol. The van der Waals surface area contributed by atoms with Crippen LogP contribution in [0.15, 0.2) is 40.2 Å². The molecule has 0 aliphatic carbocycles. The van der Waals surface area contributed by atoms with Gasteiger partial charge in [-0.3, -0.25) is 9.59 Å². The first-order valence-corrected chi connectivity index (χ1v) is 8.19. The van der Waals surface area contributed by atoms with Gasteiger partial charge in [-0.2, -0.15) is 0 Å². The van der Waals surface area contributed by atoms with Crippen LogP contribution in [0, 0.1) is 0 Å². The minimum atomic E-state index is -0.400. The first-order chi connectivity index (χ1) is 12.2. The van der Waals surface area contributed by atoms with Crippen LogP contribution in [0.3, 0.4) is 0 Å². The van der Waals surface area contributed by atoms with Crippen LogP contribution < -0.4 is 27.6 Å². The van der Waals surface area contributed by atoms with Gasteiger partial charge in [0, 0.05) is 16.8 Å². The van der Waals surface area contributed by atoms with Crippen molar-refractivity contribution in [2.24, 2.45) is 0 Å². The topological polar surface area (TPSA) is 120 Å². The summed E-state index contributed by atoms with van der Waals surface area (Å²) in [5, 5.41) is 0.313. The molecule has 2 heterocycles.